The molecule has 0 saturated carbocycles. The Morgan fingerprint density at radius 3 is 2.15 bits per heavy atom. The van der Waals surface area contributed by atoms with Gasteiger partial charge in [0.2, 0.25) is 0 Å². The number of amides is 1. The van der Waals surface area contributed by atoms with Crippen LogP contribution in [-0.4, -0.2) is 16.1 Å². The van der Waals surface area contributed by atoms with Crippen LogP contribution in [0, 0.1) is 6.92 Å². The van der Waals surface area contributed by atoms with Crippen LogP contribution in [-0.2, 0) is 0 Å². The molecule has 0 fully saturated rings. The number of fused-ring (bicyclic) bond motifs is 3. The van der Waals surface area contributed by atoms with Gasteiger partial charge in [-0.05, 0) is 18.1 Å². The highest BCUT2D eigenvalue weighted by atomic mass is 32.1. The highest BCUT2D eigenvalue weighted by Crippen LogP contribution is 2.46. The maximum atomic E-state index is 13.1. The molecule has 1 unspecified atom stereocenters. The van der Waals surface area contributed by atoms with Gasteiger partial charge in [0.1, 0.15) is 21.6 Å². The van der Waals surface area contributed by atoms with Gasteiger partial charge in [-0.15, -0.1) is 21.5 Å². The van der Waals surface area contributed by atoms with E-state index >= 15 is 0 Å². The van der Waals surface area contributed by atoms with E-state index in [9.17, 15) is 4.79 Å². The Bertz CT molecular complexity index is 1480. The average Bonchev–Trinajstić information content (AvgIpc) is 3.24. The first-order valence-electron chi connectivity index (χ1n) is 10.8. The molecule has 1 aliphatic rings. The highest BCUT2D eigenvalue weighted by molar-refractivity contribution is 7.21. The van der Waals surface area contributed by atoms with Gasteiger partial charge in [-0.1, -0.05) is 90.5 Å². The second-order valence-corrected chi connectivity index (χ2v) is 9.10. The summed E-state index contributed by atoms with van der Waals surface area (Å²) >= 11 is 1.37. The van der Waals surface area contributed by atoms with Crippen molar-refractivity contribution >= 4 is 33.1 Å². The molecule has 5 nitrogen and oxygen atoms in total. The number of hydrogen-bond acceptors (Lipinski definition) is 5. The first-order valence-corrected chi connectivity index (χ1v) is 11.6. The zero-order valence-electron chi connectivity index (χ0n) is 17.9. The van der Waals surface area contributed by atoms with Crippen molar-refractivity contribution in [2.75, 3.05) is 5.32 Å². The molecule has 0 bridgehead atoms. The summed E-state index contributed by atoms with van der Waals surface area (Å²) in [7, 11) is 0. The van der Waals surface area contributed by atoms with E-state index in [0.717, 1.165) is 43.9 Å². The molecule has 3 aromatic carbocycles. The summed E-state index contributed by atoms with van der Waals surface area (Å²) in [5.74, 6) is -0.0994. The summed E-state index contributed by atoms with van der Waals surface area (Å²) in [4.78, 5) is 14.5. The number of aryl methyl sites for hydroxylation is 1. The molecular formula is C27H20N4OS. The topological polar surface area (TPSA) is 66.9 Å². The molecule has 0 radical (unpaired) electrons. The van der Waals surface area contributed by atoms with E-state index in [4.69, 9.17) is 0 Å². The Kier molecular flexibility index (Phi) is 4.66. The fourth-order valence-electron chi connectivity index (χ4n) is 4.27. The van der Waals surface area contributed by atoms with Crippen molar-refractivity contribution in [3.63, 3.8) is 0 Å². The highest BCUT2D eigenvalue weighted by Gasteiger charge is 2.31. The largest absolute Gasteiger partial charge is 0.360 e. The van der Waals surface area contributed by atoms with Crippen LogP contribution in [0.3, 0.4) is 0 Å². The Hall–Kier alpha value is -4.03. The van der Waals surface area contributed by atoms with Crippen LogP contribution >= 0.6 is 11.3 Å². The third-order valence-corrected chi connectivity index (χ3v) is 6.98. The summed E-state index contributed by atoms with van der Waals surface area (Å²) < 4.78 is 0. The van der Waals surface area contributed by atoms with Gasteiger partial charge in [0.15, 0.2) is 0 Å². The average molecular weight is 449 g/mol. The van der Waals surface area contributed by atoms with Crippen LogP contribution < -0.4 is 10.6 Å². The fraction of sp³-hybridized carbons (Fsp3) is 0.0741. The Morgan fingerprint density at radius 1 is 0.788 bits per heavy atom. The van der Waals surface area contributed by atoms with E-state index in [1.165, 1.54) is 16.9 Å². The van der Waals surface area contributed by atoms with Crippen molar-refractivity contribution in [2.45, 2.75) is 13.1 Å². The lowest BCUT2D eigenvalue weighted by Crippen LogP contribution is -2.37. The lowest BCUT2D eigenvalue weighted by Gasteiger charge is -2.27. The minimum Gasteiger partial charge on any atom is -0.360 e. The lowest BCUT2D eigenvalue weighted by molar-refractivity contribution is 0.0940. The molecule has 160 valence electrons. The number of nitrogens with zero attached hydrogens (tertiary/aromatic N) is 2. The van der Waals surface area contributed by atoms with Gasteiger partial charge in [0.25, 0.3) is 5.91 Å². The molecular weight excluding hydrogens is 428 g/mol. The molecule has 33 heavy (non-hydrogen) atoms. The van der Waals surface area contributed by atoms with Gasteiger partial charge < -0.3 is 10.6 Å². The summed E-state index contributed by atoms with van der Waals surface area (Å²) in [5, 5.41) is 16.8. The molecule has 6 heteroatoms. The number of carbonyl (C=O) groups excluding carboxylic acids is 1. The number of thiophene rings is 1. The molecule has 2 aromatic heterocycles. The number of hydrogen-bond donors (Lipinski definition) is 2. The predicted molar refractivity (Wildman–Crippen MR) is 133 cm³/mol. The Labute approximate surface area is 195 Å². The number of nitrogens with one attached hydrogen (secondary N) is 2. The zero-order valence-corrected chi connectivity index (χ0v) is 18.7. The number of carbonyl (C=O) groups is 1. The molecule has 3 heterocycles. The molecule has 1 amide bonds. The first-order chi connectivity index (χ1) is 16.2. The Balaban J connectivity index is 1.61. The van der Waals surface area contributed by atoms with E-state index in [1.54, 1.807) is 0 Å². The summed E-state index contributed by atoms with van der Waals surface area (Å²) in [6, 6.07) is 28.4. The van der Waals surface area contributed by atoms with Gasteiger partial charge in [-0.25, -0.2) is 0 Å². The maximum absolute atomic E-state index is 13.1. The smallest absolute Gasteiger partial charge is 0.265 e. The normalized spacial score (nSPS) is 15.1. The number of aromatic nitrogens is 2. The molecule has 1 atom stereocenters. The van der Waals surface area contributed by atoms with Crippen LogP contribution in [0.25, 0.3) is 32.6 Å². The molecule has 5 aromatic rings. The fourth-order valence-corrected chi connectivity index (χ4v) is 5.27. The quantitative estimate of drug-likeness (QED) is 0.345. The summed E-state index contributed by atoms with van der Waals surface area (Å²) in [6.07, 6.45) is -0.319. The van der Waals surface area contributed by atoms with Crippen molar-refractivity contribution in [1.29, 1.82) is 0 Å². The summed E-state index contributed by atoms with van der Waals surface area (Å²) in [6.45, 7) is 2.05. The second kappa shape index (κ2) is 7.83. The molecule has 0 aliphatic carbocycles. The van der Waals surface area contributed by atoms with Crippen molar-refractivity contribution in [2.24, 2.45) is 0 Å². The molecule has 1 aliphatic heterocycles. The zero-order chi connectivity index (χ0) is 22.4. The summed E-state index contributed by atoms with van der Waals surface area (Å²) in [5.41, 5.74) is 6.80. The van der Waals surface area contributed by atoms with Crippen LogP contribution in [0.4, 0.5) is 5.69 Å². The van der Waals surface area contributed by atoms with Crippen molar-refractivity contribution in [3.05, 3.63) is 101 Å². The monoisotopic (exact) mass is 448 g/mol. The van der Waals surface area contributed by atoms with Gasteiger partial charge in [-0.3, -0.25) is 4.79 Å². The number of anilines is 1. The van der Waals surface area contributed by atoms with E-state index < -0.39 is 0 Å². The van der Waals surface area contributed by atoms with E-state index in [-0.39, 0.29) is 12.1 Å². The standard InChI is InChI=1S/C27H20N4OS/c1-16-12-14-19(15-13-16)25-28-23-21-20(17-8-4-2-5-9-17)22(18-10-6-3-7-11-18)30-31-27(21)33-24(23)26(32)29-25/h2-15,25,28H,1H3,(H,29,32). The third-order valence-electron chi connectivity index (χ3n) is 5.91. The number of rotatable bonds is 3. The molecule has 0 saturated heterocycles. The first kappa shape index (κ1) is 19.6. The van der Waals surface area contributed by atoms with Gasteiger partial charge >= 0.3 is 0 Å². The maximum Gasteiger partial charge on any atom is 0.265 e. The van der Waals surface area contributed by atoms with Crippen molar-refractivity contribution < 1.29 is 4.79 Å². The van der Waals surface area contributed by atoms with Crippen LogP contribution in [0.2, 0.25) is 0 Å². The third kappa shape index (κ3) is 3.36. The van der Waals surface area contributed by atoms with Gasteiger partial charge in [0, 0.05) is 16.5 Å². The number of benzene rings is 3. The van der Waals surface area contributed by atoms with Crippen molar-refractivity contribution in [3.8, 4) is 22.4 Å². The van der Waals surface area contributed by atoms with E-state index in [1.807, 2.05) is 60.7 Å². The van der Waals surface area contributed by atoms with Crippen LogP contribution in [0.15, 0.2) is 84.9 Å². The SMILES string of the molecule is Cc1ccc(C2NC(=O)c3sc4nnc(-c5ccccc5)c(-c5ccccc5)c4c3N2)cc1. The molecule has 0 spiro atoms. The van der Waals surface area contributed by atoms with E-state index in [0.29, 0.717) is 4.88 Å². The minimum atomic E-state index is -0.319. The van der Waals surface area contributed by atoms with Gasteiger partial charge in [0.05, 0.1) is 5.69 Å². The molecule has 6 rings (SSSR count). The Morgan fingerprint density at radius 2 is 1.45 bits per heavy atom. The predicted octanol–water partition coefficient (Wildman–Crippen LogP) is 6.19. The molecule has 2 N–H and O–H groups in total. The van der Waals surface area contributed by atoms with Crippen LogP contribution in [0.1, 0.15) is 27.0 Å². The minimum absolute atomic E-state index is 0.0994. The lowest BCUT2D eigenvalue weighted by atomic mass is 9.96. The van der Waals surface area contributed by atoms with Crippen LogP contribution in [0.5, 0.6) is 0 Å². The van der Waals surface area contributed by atoms with E-state index in [2.05, 4.69) is 52.0 Å². The van der Waals surface area contributed by atoms with Crippen molar-refractivity contribution in [1.82, 2.24) is 15.5 Å². The van der Waals surface area contributed by atoms with Gasteiger partial charge in [-0.2, -0.15) is 0 Å². The second-order valence-electron chi connectivity index (χ2n) is 8.10.